The first-order valence-electron chi connectivity index (χ1n) is 3.00. The number of ether oxygens (including phenoxy) is 1. The molecule has 0 aliphatic carbocycles. The Kier molecular flexibility index (Phi) is 1.86. The molecular formula is C6H12NO. The first kappa shape index (κ1) is 6.05. The summed E-state index contributed by atoms with van der Waals surface area (Å²) in [5, 5.41) is 3.11. The van der Waals surface area contributed by atoms with Gasteiger partial charge in [-0.1, -0.05) is 13.8 Å². The Hall–Kier alpha value is -0.0800. The molecule has 0 aromatic rings. The van der Waals surface area contributed by atoms with Crippen LogP contribution in [0.4, 0.5) is 0 Å². The highest BCUT2D eigenvalue weighted by atomic mass is 16.5. The molecule has 8 heavy (non-hydrogen) atoms. The van der Waals surface area contributed by atoms with Crippen molar-refractivity contribution in [3.05, 3.63) is 6.73 Å². The molecule has 0 spiro atoms. The topological polar surface area (TPSA) is 21.3 Å². The Balaban J connectivity index is 2.24. The second-order valence-corrected chi connectivity index (χ2v) is 2.47. The lowest BCUT2D eigenvalue weighted by Crippen LogP contribution is -2.27. The molecule has 1 fully saturated rings. The normalized spacial score (nSPS) is 29.6. The van der Waals surface area contributed by atoms with E-state index in [2.05, 4.69) is 19.2 Å². The van der Waals surface area contributed by atoms with E-state index in [-0.39, 0.29) is 0 Å². The van der Waals surface area contributed by atoms with Gasteiger partial charge in [-0.05, 0) is 5.92 Å². The van der Waals surface area contributed by atoms with Gasteiger partial charge in [0.2, 0.25) is 0 Å². The molecule has 2 heteroatoms. The highest BCUT2D eigenvalue weighted by molar-refractivity contribution is 4.76. The van der Waals surface area contributed by atoms with Crippen molar-refractivity contribution in [2.45, 2.75) is 19.9 Å². The van der Waals surface area contributed by atoms with Crippen LogP contribution in [0.3, 0.4) is 0 Å². The third kappa shape index (κ3) is 1.20. The van der Waals surface area contributed by atoms with Gasteiger partial charge < -0.3 is 4.74 Å². The summed E-state index contributed by atoms with van der Waals surface area (Å²) in [5.41, 5.74) is 0. The summed E-state index contributed by atoms with van der Waals surface area (Å²) in [6.45, 7) is 6.86. The minimum atomic E-state index is 0.537. The molecule has 1 aliphatic heterocycles. The molecule has 0 saturated carbocycles. The van der Waals surface area contributed by atoms with Crippen molar-refractivity contribution >= 4 is 0 Å². The van der Waals surface area contributed by atoms with Crippen LogP contribution in [0.1, 0.15) is 13.8 Å². The molecule has 1 aliphatic rings. The molecule has 1 heterocycles. The van der Waals surface area contributed by atoms with Crippen molar-refractivity contribution in [1.29, 1.82) is 0 Å². The van der Waals surface area contributed by atoms with Crippen LogP contribution in [0.2, 0.25) is 0 Å². The van der Waals surface area contributed by atoms with Gasteiger partial charge in [0.1, 0.15) is 6.73 Å². The lowest BCUT2D eigenvalue weighted by Gasteiger charge is -2.10. The summed E-state index contributed by atoms with van der Waals surface area (Å²) in [5.74, 6) is 0.675. The molecule has 0 aromatic carbocycles. The van der Waals surface area contributed by atoms with Crippen molar-refractivity contribution in [3.8, 4) is 0 Å². The molecule has 0 aromatic heterocycles. The van der Waals surface area contributed by atoms with E-state index in [9.17, 15) is 0 Å². The molecule has 47 valence electrons. The monoisotopic (exact) mass is 114 g/mol. The zero-order valence-corrected chi connectivity index (χ0v) is 5.35. The van der Waals surface area contributed by atoms with Crippen LogP contribution in [0, 0.1) is 12.6 Å². The maximum absolute atomic E-state index is 4.98. The zero-order chi connectivity index (χ0) is 5.98. The molecule has 1 atom stereocenters. The number of rotatable bonds is 1. The average molecular weight is 114 g/mol. The maximum atomic E-state index is 4.98. The predicted molar refractivity (Wildman–Crippen MR) is 32.0 cm³/mol. The Labute approximate surface area is 50.2 Å². The van der Waals surface area contributed by atoms with E-state index in [1.807, 2.05) is 0 Å². The fourth-order valence-corrected chi connectivity index (χ4v) is 0.720. The third-order valence-corrected chi connectivity index (χ3v) is 1.45. The van der Waals surface area contributed by atoms with Crippen LogP contribution in [0.5, 0.6) is 0 Å². The first-order valence-corrected chi connectivity index (χ1v) is 3.00. The van der Waals surface area contributed by atoms with Gasteiger partial charge in [0.15, 0.2) is 0 Å². The Morgan fingerprint density at radius 1 is 1.75 bits per heavy atom. The van der Waals surface area contributed by atoms with Gasteiger partial charge in [-0.3, -0.25) is 5.32 Å². The lowest BCUT2D eigenvalue weighted by molar-refractivity contribution is 0.236. The van der Waals surface area contributed by atoms with Gasteiger partial charge in [-0.25, -0.2) is 0 Å². The van der Waals surface area contributed by atoms with Crippen LogP contribution >= 0.6 is 0 Å². The van der Waals surface area contributed by atoms with E-state index in [4.69, 9.17) is 4.74 Å². The third-order valence-electron chi connectivity index (χ3n) is 1.45. The summed E-state index contributed by atoms with van der Waals surface area (Å²) in [6, 6.07) is 0.537. The number of nitrogens with one attached hydrogen (secondary N) is 1. The molecule has 1 radical (unpaired) electrons. The minimum absolute atomic E-state index is 0.537. The van der Waals surface area contributed by atoms with Gasteiger partial charge in [-0.15, -0.1) is 0 Å². The van der Waals surface area contributed by atoms with Crippen LogP contribution in [0.25, 0.3) is 0 Å². The molecule has 2 nitrogen and oxygen atoms in total. The average Bonchev–Trinajstić information content (AvgIpc) is 2.12. The fraction of sp³-hybridized carbons (Fsp3) is 0.833. The smallest absolute Gasteiger partial charge is 0.148 e. The van der Waals surface area contributed by atoms with Crippen LogP contribution in [-0.4, -0.2) is 12.6 Å². The molecule has 0 bridgehead atoms. The summed E-state index contributed by atoms with van der Waals surface area (Å²) < 4.78 is 4.98. The van der Waals surface area contributed by atoms with Gasteiger partial charge >= 0.3 is 0 Å². The second-order valence-electron chi connectivity index (χ2n) is 2.47. The molecule has 1 rings (SSSR count). The van der Waals surface area contributed by atoms with E-state index in [0.717, 1.165) is 6.61 Å². The highest BCUT2D eigenvalue weighted by Crippen LogP contribution is 2.07. The predicted octanol–water partition coefficient (Wildman–Crippen LogP) is 0.750. The summed E-state index contributed by atoms with van der Waals surface area (Å²) in [4.78, 5) is 0. The SMILES string of the molecule is CC(C)[C@H]1CO[CH]N1. The van der Waals surface area contributed by atoms with Crippen LogP contribution < -0.4 is 5.32 Å². The van der Waals surface area contributed by atoms with Gasteiger partial charge in [-0.2, -0.15) is 0 Å². The van der Waals surface area contributed by atoms with E-state index >= 15 is 0 Å². The van der Waals surface area contributed by atoms with Crippen LogP contribution in [-0.2, 0) is 4.74 Å². The quantitative estimate of drug-likeness (QED) is 0.543. The van der Waals surface area contributed by atoms with Crippen molar-refractivity contribution in [2.75, 3.05) is 6.61 Å². The first-order chi connectivity index (χ1) is 3.80. The summed E-state index contributed by atoms with van der Waals surface area (Å²) in [7, 11) is 0. The van der Waals surface area contributed by atoms with Gasteiger partial charge in [0.25, 0.3) is 0 Å². The molecule has 1 N–H and O–H groups in total. The Morgan fingerprint density at radius 2 is 2.50 bits per heavy atom. The summed E-state index contributed by atoms with van der Waals surface area (Å²) in [6.07, 6.45) is 0. The van der Waals surface area contributed by atoms with Gasteiger partial charge in [0.05, 0.1) is 6.61 Å². The van der Waals surface area contributed by atoms with E-state index < -0.39 is 0 Å². The minimum Gasteiger partial charge on any atom is -0.357 e. The molecule has 1 saturated heterocycles. The highest BCUT2D eigenvalue weighted by Gasteiger charge is 2.17. The standard InChI is InChI=1S/C6H12NO/c1-5(2)6-3-8-4-7-6/h4-7H,3H2,1-2H3/t6-/m1/s1. The van der Waals surface area contributed by atoms with Crippen molar-refractivity contribution < 1.29 is 4.74 Å². The van der Waals surface area contributed by atoms with Gasteiger partial charge in [0, 0.05) is 6.04 Å². The van der Waals surface area contributed by atoms with Crippen molar-refractivity contribution in [2.24, 2.45) is 5.92 Å². The van der Waals surface area contributed by atoms with E-state index in [0.29, 0.717) is 12.0 Å². The van der Waals surface area contributed by atoms with Crippen molar-refractivity contribution in [3.63, 3.8) is 0 Å². The molecule has 0 unspecified atom stereocenters. The fourth-order valence-electron chi connectivity index (χ4n) is 0.720. The number of hydrogen-bond acceptors (Lipinski definition) is 2. The van der Waals surface area contributed by atoms with Crippen molar-refractivity contribution in [1.82, 2.24) is 5.32 Å². The van der Waals surface area contributed by atoms with E-state index in [1.165, 1.54) is 0 Å². The Bertz CT molecular complexity index is 66.9. The summed E-state index contributed by atoms with van der Waals surface area (Å²) >= 11 is 0. The second kappa shape index (κ2) is 2.46. The largest absolute Gasteiger partial charge is 0.357 e. The maximum Gasteiger partial charge on any atom is 0.148 e. The van der Waals surface area contributed by atoms with E-state index in [1.54, 1.807) is 6.73 Å². The van der Waals surface area contributed by atoms with Crippen LogP contribution in [0.15, 0.2) is 0 Å². The Morgan fingerprint density at radius 3 is 2.75 bits per heavy atom. The lowest BCUT2D eigenvalue weighted by atomic mass is 10.1. The number of hydrogen-bond donors (Lipinski definition) is 1. The molecular weight excluding hydrogens is 102 g/mol. The zero-order valence-electron chi connectivity index (χ0n) is 5.35. The molecule has 0 amide bonds.